The minimum Gasteiger partial charge on any atom is -0.316 e. The summed E-state index contributed by atoms with van der Waals surface area (Å²) < 4.78 is 0. The first-order valence-corrected chi connectivity index (χ1v) is 3.68. The Morgan fingerprint density at radius 1 is 1.33 bits per heavy atom. The van der Waals surface area contributed by atoms with Crippen molar-refractivity contribution in [3.05, 3.63) is 0 Å². The van der Waals surface area contributed by atoms with Gasteiger partial charge in [-0.2, -0.15) is 0 Å². The molecule has 0 bridgehead atoms. The molecule has 0 aromatic heterocycles. The van der Waals surface area contributed by atoms with Crippen LogP contribution >= 0.6 is 0 Å². The largest absolute Gasteiger partial charge is 0.316 e. The van der Waals surface area contributed by atoms with Crippen molar-refractivity contribution in [1.29, 1.82) is 0 Å². The van der Waals surface area contributed by atoms with E-state index in [0.717, 1.165) is 17.9 Å². The highest BCUT2D eigenvalue weighted by Gasteiger charge is 2.53. The Morgan fingerprint density at radius 2 is 1.89 bits per heavy atom. The second-order valence-corrected chi connectivity index (χ2v) is 3.36. The molecule has 9 heavy (non-hydrogen) atoms. The van der Waals surface area contributed by atoms with Crippen molar-refractivity contribution < 1.29 is 0 Å². The lowest BCUT2D eigenvalue weighted by Gasteiger charge is -2.11. The average molecular weight is 126 g/mol. The third kappa shape index (κ3) is 0.700. The highest BCUT2D eigenvalue weighted by molar-refractivity contribution is 5.08. The predicted molar refractivity (Wildman–Crippen MR) is 37.3 cm³/mol. The minimum atomic E-state index is 0.862. The molecular weight excluding hydrogens is 112 g/mol. The molecule has 1 heterocycles. The summed E-state index contributed by atoms with van der Waals surface area (Å²) in [6.07, 6.45) is 0. The lowest BCUT2D eigenvalue weighted by Crippen LogP contribution is -2.26. The van der Waals surface area contributed by atoms with E-state index in [-0.39, 0.29) is 0 Å². The van der Waals surface area contributed by atoms with Gasteiger partial charge in [-0.15, -0.1) is 0 Å². The average Bonchev–Trinajstić information content (AvgIpc) is 2.30. The second-order valence-electron chi connectivity index (χ2n) is 3.36. The number of hydrogen-bond acceptors (Lipinski definition) is 2. The fourth-order valence-corrected chi connectivity index (χ4v) is 2.17. The fourth-order valence-electron chi connectivity index (χ4n) is 2.17. The van der Waals surface area contributed by atoms with E-state index in [9.17, 15) is 0 Å². The van der Waals surface area contributed by atoms with Crippen LogP contribution in [0.2, 0.25) is 0 Å². The monoisotopic (exact) mass is 126 g/mol. The summed E-state index contributed by atoms with van der Waals surface area (Å²) in [6.45, 7) is 2.63. The van der Waals surface area contributed by atoms with E-state index in [1.165, 1.54) is 13.1 Å². The minimum absolute atomic E-state index is 0.862. The molecule has 1 saturated heterocycles. The number of rotatable bonds is 1. The van der Waals surface area contributed by atoms with Crippen molar-refractivity contribution in [2.75, 3.05) is 27.2 Å². The van der Waals surface area contributed by atoms with Crippen molar-refractivity contribution in [3.63, 3.8) is 0 Å². The van der Waals surface area contributed by atoms with E-state index in [1.807, 2.05) is 0 Å². The summed E-state index contributed by atoms with van der Waals surface area (Å²) in [6, 6.07) is 0.862. The molecule has 2 heteroatoms. The Kier molecular flexibility index (Phi) is 1.08. The van der Waals surface area contributed by atoms with E-state index < -0.39 is 0 Å². The molecule has 0 amide bonds. The highest BCUT2D eigenvalue weighted by atomic mass is 15.2. The lowest BCUT2D eigenvalue weighted by atomic mass is 10.4. The second kappa shape index (κ2) is 1.70. The summed E-state index contributed by atoms with van der Waals surface area (Å²) in [5.74, 6) is 1.97. The lowest BCUT2D eigenvalue weighted by molar-refractivity contribution is 0.353. The smallest absolute Gasteiger partial charge is 0.0152 e. The van der Waals surface area contributed by atoms with Crippen molar-refractivity contribution in [2.45, 2.75) is 6.04 Å². The van der Waals surface area contributed by atoms with Crippen LogP contribution in [0.3, 0.4) is 0 Å². The third-order valence-electron chi connectivity index (χ3n) is 2.71. The Morgan fingerprint density at radius 3 is 2.33 bits per heavy atom. The first kappa shape index (κ1) is 5.69. The van der Waals surface area contributed by atoms with Crippen LogP contribution in [-0.4, -0.2) is 38.1 Å². The number of piperidine rings is 1. The van der Waals surface area contributed by atoms with Gasteiger partial charge < -0.3 is 10.2 Å². The van der Waals surface area contributed by atoms with Gasteiger partial charge in [-0.05, 0) is 25.9 Å². The Bertz CT molecular complexity index is 112. The summed E-state index contributed by atoms with van der Waals surface area (Å²) in [7, 11) is 4.28. The Balaban J connectivity index is 1.91. The number of nitrogens with one attached hydrogen (secondary N) is 1. The van der Waals surface area contributed by atoms with Gasteiger partial charge in [0.05, 0.1) is 0 Å². The molecule has 1 N–H and O–H groups in total. The highest BCUT2D eigenvalue weighted by Crippen LogP contribution is 2.44. The normalized spacial score (nSPS) is 49.3. The van der Waals surface area contributed by atoms with Crippen LogP contribution in [0, 0.1) is 11.8 Å². The quantitative estimate of drug-likeness (QED) is 0.522. The Labute approximate surface area is 56.2 Å². The summed E-state index contributed by atoms with van der Waals surface area (Å²) in [5, 5.41) is 3.33. The van der Waals surface area contributed by atoms with E-state index in [1.54, 1.807) is 0 Å². The molecule has 2 nitrogen and oxygen atoms in total. The molecule has 3 atom stereocenters. The van der Waals surface area contributed by atoms with Gasteiger partial charge >= 0.3 is 0 Å². The molecule has 0 radical (unpaired) electrons. The van der Waals surface area contributed by atoms with Gasteiger partial charge in [0.25, 0.3) is 0 Å². The number of hydrogen-bond donors (Lipinski definition) is 1. The maximum absolute atomic E-state index is 3.33. The van der Waals surface area contributed by atoms with Crippen LogP contribution < -0.4 is 5.32 Å². The topological polar surface area (TPSA) is 15.3 Å². The van der Waals surface area contributed by atoms with Gasteiger partial charge in [-0.25, -0.2) is 0 Å². The van der Waals surface area contributed by atoms with Crippen LogP contribution in [-0.2, 0) is 0 Å². The molecule has 1 aliphatic heterocycles. The molecule has 0 aromatic rings. The van der Waals surface area contributed by atoms with Crippen molar-refractivity contribution >= 4 is 0 Å². The summed E-state index contributed by atoms with van der Waals surface area (Å²) in [4.78, 5) is 2.42. The molecule has 52 valence electrons. The van der Waals surface area contributed by atoms with Crippen LogP contribution in [0.1, 0.15) is 0 Å². The zero-order valence-electron chi connectivity index (χ0n) is 6.09. The van der Waals surface area contributed by atoms with Crippen molar-refractivity contribution in [2.24, 2.45) is 11.8 Å². The maximum atomic E-state index is 3.33. The van der Waals surface area contributed by atoms with Crippen LogP contribution in [0.25, 0.3) is 0 Å². The van der Waals surface area contributed by atoms with E-state index in [4.69, 9.17) is 0 Å². The number of nitrogens with zero attached hydrogens (tertiary/aromatic N) is 1. The van der Waals surface area contributed by atoms with Gasteiger partial charge in [0, 0.05) is 19.1 Å². The van der Waals surface area contributed by atoms with Gasteiger partial charge in [0.2, 0.25) is 0 Å². The van der Waals surface area contributed by atoms with Crippen molar-refractivity contribution in [1.82, 2.24) is 10.2 Å². The fraction of sp³-hybridized carbons (Fsp3) is 1.00. The van der Waals surface area contributed by atoms with Crippen molar-refractivity contribution in [3.8, 4) is 0 Å². The molecule has 1 aliphatic carbocycles. The standard InChI is InChI=1S/C7H14N2/c1-8-7-5-3-9(2)4-6(5)7/h5-8H,3-4H2,1-2H3/t5-,6?,7?/m0/s1. The molecule has 1 saturated carbocycles. The molecule has 0 spiro atoms. The van der Waals surface area contributed by atoms with Crippen LogP contribution in [0.15, 0.2) is 0 Å². The first-order chi connectivity index (χ1) is 4.33. The van der Waals surface area contributed by atoms with E-state index in [0.29, 0.717) is 0 Å². The molecule has 0 aromatic carbocycles. The zero-order valence-corrected chi connectivity index (χ0v) is 6.09. The van der Waals surface area contributed by atoms with Gasteiger partial charge in [0.1, 0.15) is 0 Å². The van der Waals surface area contributed by atoms with Gasteiger partial charge in [0.15, 0.2) is 0 Å². The molecular formula is C7H14N2. The van der Waals surface area contributed by atoms with Gasteiger partial charge in [-0.1, -0.05) is 0 Å². The number of likely N-dealkylation sites (tertiary alicyclic amines) is 1. The van der Waals surface area contributed by atoms with Gasteiger partial charge in [-0.3, -0.25) is 0 Å². The molecule has 2 rings (SSSR count). The summed E-state index contributed by atoms with van der Waals surface area (Å²) >= 11 is 0. The predicted octanol–water partition coefficient (Wildman–Crippen LogP) is -0.234. The summed E-state index contributed by atoms with van der Waals surface area (Å²) in [5.41, 5.74) is 0. The first-order valence-electron chi connectivity index (χ1n) is 3.68. The number of fused-ring (bicyclic) bond motifs is 1. The molecule has 2 fully saturated rings. The molecule has 2 aliphatic rings. The maximum Gasteiger partial charge on any atom is 0.0152 e. The Hall–Kier alpha value is -0.0800. The third-order valence-corrected chi connectivity index (χ3v) is 2.71. The molecule has 2 unspecified atom stereocenters. The van der Waals surface area contributed by atoms with E-state index >= 15 is 0 Å². The SMILES string of the molecule is CNC1C2CN(C)C[C@@H]21. The van der Waals surface area contributed by atoms with E-state index in [2.05, 4.69) is 24.3 Å². The van der Waals surface area contributed by atoms with Crippen LogP contribution in [0.5, 0.6) is 0 Å². The van der Waals surface area contributed by atoms with Crippen LogP contribution in [0.4, 0.5) is 0 Å². The zero-order chi connectivity index (χ0) is 6.43.